The third-order valence-corrected chi connectivity index (χ3v) is 3.78. The van der Waals surface area contributed by atoms with Crippen molar-refractivity contribution in [1.29, 1.82) is 5.26 Å². The second-order valence-corrected chi connectivity index (χ2v) is 4.99. The Kier molecular flexibility index (Phi) is 4.62. The minimum absolute atomic E-state index is 0.276. The lowest BCUT2D eigenvalue weighted by Gasteiger charge is -2.14. The van der Waals surface area contributed by atoms with Crippen LogP contribution in [0.25, 0.3) is 0 Å². The molecule has 0 aliphatic carbocycles. The number of hydrogen-bond acceptors (Lipinski definition) is 3. The fraction of sp³-hybridized carbons (Fsp3) is 0.176. The lowest BCUT2D eigenvalue weighted by atomic mass is 9.89. The average molecular weight is 300 g/mol. The first-order valence-corrected chi connectivity index (χ1v) is 6.79. The quantitative estimate of drug-likeness (QED) is 0.797. The number of carbonyl (C=O) groups excluding carboxylic acids is 1. The van der Waals surface area contributed by atoms with E-state index in [4.69, 9.17) is 16.3 Å². The van der Waals surface area contributed by atoms with Crippen molar-refractivity contribution in [2.24, 2.45) is 0 Å². The normalized spacial score (nSPS) is 11.5. The summed E-state index contributed by atoms with van der Waals surface area (Å²) < 4.78 is 5.24. The van der Waals surface area contributed by atoms with Gasteiger partial charge < -0.3 is 4.74 Å². The van der Waals surface area contributed by atoms with Crippen LogP contribution in [0.3, 0.4) is 0 Å². The summed E-state index contributed by atoms with van der Waals surface area (Å²) in [6, 6.07) is 14.2. The number of ketones is 1. The van der Waals surface area contributed by atoms with Crippen LogP contribution in [0.5, 0.6) is 5.75 Å². The van der Waals surface area contributed by atoms with Crippen molar-refractivity contribution in [2.75, 3.05) is 7.11 Å². The van der Waals surface area contributed by atoms with Crippen LogP contribution in [0.2, 0.25) is 5.02 Å². The Morgan fingerprint density at radius 2 is 1.95 bits per heavy atom. The van der Waals surface area contributed by atoms with E-state index in [1.165, 1.54) is 7.11 Å². The Balaban J connectivity index is 2.49. The largest absolute Gasteiger partial charge is 0.496 e. The third-order valence-electron chi connectivity index (χ3n) is 3.37. The Morgan fingerprint density at radius 3 is 2.62 bits per heavy atom. The topological polar surface area (TPSA) is 50.1 Å². The molecule has 2 aromatic carbocycles. The van der Waals surface area contributed by atoms with Crippen LogP contribution in [0.15, 0.2) is 42.5 Å². The van der Waals surface area contributed by atoms with Crippen LogP contribution < -0.4 is 4.74 Å². The first kappa shape index (κ1) is 15.1. The van der Waals surface area contributed by atoms with Gasteiger partial charge in [0.1, 0.15) is 11.7 Å². The maximum atomic E-state index is 12.7. The number of ether oxygens (including phenoxy) is 1. The van der Waals surface area contributed by atoms with Crippen LogP contribution in [-0.2, 0) is 0 Å². The Bertz CT molecular complexity index is 719. The zero-order valence-corrected chi connectivity index (χ0v) is 12.5. The monoisotopic (exact) mass is 299 g/mol. The molecule has 0 heterocycles. The molecule has 2 aromatic rings. The average Bonchev–Trinajstić information content (AvgIpc) is 2.51. The molecule has 1 atom stereocenters. The van der Waals surface area contributed by atoms with E-state index in [0.717, 1.165) is 0 Å². The van der Waals surface area contributed by atoms with Gasteiger partial charge in [0.05, 0.1) is 13.2 Å². The van der Waals surface area contributed by atoms with Crippen molar-refractivity contribution in [3.63, 3.8) is 0 Å². The molecule has 0 aliphatic rings. The number of nitriles is 1. The molecule has 2 rings (SSSR count). The second kappa shape index (κ2) is 6.43. The van der Waals surface area contributed by atoms with Crippen LogP contribution in [0.1, 0.15) is 27.4 Å². The van der Waals surface area contributed by atoms with Crippen molar-refractivity contribution in [3.05, 3.63) is 64.2 Å². The molecule has 0 fully saturated rings. The minimum atomic E-state index is -0.918. The van der Waals surface area contributed by atoms with Gasteiger partial charge in [0.15, 0.2) is 5.78 Å². The van der Waals surface area contributed by atoms with Gasteiger partial charge in [-0.15, -0.1) is 0 Å². The molecule has 21 heavy (non-hydrogen) atoms. The van der Waals surface area contributed by atoms with Gasteiger partial charge in [-0.05, 0) is 24.6 Å². The van der Waals surface area contributed by atoms with Crippen LogP contribution in [-0.4, -0.2) is 12.9 Å². The fourth-order valence-corrected chi connectivity index (χ4v) is 2.38. The maximum Gasteiger partial charge on any atom is 0.184 e. The van der Waals surface area contributed by atoms with E-state index in [0.29, 0.717) is 27.5 Å². The van der Waals surface area contributed by atoms with E-state index < -0.39 is 5.92 Å². The van der Waals surface area contributed by atoms with Crippen LogP contribution in [0, 0.1) is 18.3 Å². The van der Waals surface area contributed by atoms with Crippen molar-refractivity contribution in [3.8, 4) is 11.8 Å². The van der Waals surface area contributed by atoms with Gasteiger partial charge in [-0.1, -0.05) is 41.9 Å². The van der Waals surface area contributed by atoms with Crippen LogP contribution >= 0.6 is 11.6 Å². The van der Waals surface area contributed by atoms with Gasteiger partial charge in [-0.25, -0.2) is 0 Å². The highest BCUT2D eigenvalue weighted by Crippen LogP contribution is 2.30. The summed E-state index contributed by atoms with van der Waals surface area (Å²) in [7, 11) is 1.52. The molecule has 1 unspecified atom stereocenters. The molecule has 106 valence electrons. The van der Waals surface area contributed by atoms with E-state index >= 15 is 0 Å². The Labute approximate surface area is 128 Å². The lowest BCUT2D eigenvalue weighted by molar-refractivity contribution is 0.0977. The number of methoxy groups -OCH3 is 1. The van der Waals surface area contributed by atoms with Gasteiger partial charge in [0.2, 0.25) is 0 Å². The molecule has 0 N–H and O–H groups in total. The number of benzene rings is 2. The number of carbonyl (C=O) groups is 1. The molecule has 0 bridgehead atoms. The van der Waals surface area contributed by atoms with Gasteiger partial charge >= 0.3 is 0 Å². The number of rotatable bonds is 4. The SMILES string of the molecule is COc1ccccc1C(C#N)C(=O)c1cccc(Cl)c1C. The van der Waals surface area contributed by atoms with Gasteiger partial charge in [0, 0.05) is 16.1 Å². The fourth-order valence-electron chi connectivity index (χ4n) is 2.20. The van der Waals surface area contributed by atoms with Crippen molar-refractivity contribution in [1.82, 2.24) is 0 Å². The highest BCUT2D eigenvalue weighted by Gasteiger charge is 2.26. The lowest BCUT2D eigenvalue weighted by Crippen LogP contribution is -2.13. The summed E-state index contributed by atoms with van der Waals surface area (Å²) >= 11 is 6.05. The molecule has 0 saturated carbocycles. The summed E-state index contributed by atoms with van der Waals surface area (Å²) in [5.41, 5.74) is 1.70. The highest BCUT2D eigenvalue weighted by atomic mass is 35.5. The molecule has 0 aromatic heterocycles. The Hall–Kier alpha value is -2.31. The molecule has 0 aliphatic heterocycles. The number of para-hydroxylation sites is 1. The highest BCUT2D eigenvalue weighted by molar-refractivity contribution is 6.32. The summed E-state index contributed by atoms with van der Waals surface area (Å²) in [5.74, 6) is -0.669. The molecule has 3 nitrogen and oxygen atoms in total. The molecule has 4 heteroatoms. The number of halogens is 1. The summed E-state index contributed by atoms with van der Waals surface area (Å²) in [5, 5.41) is 9.94. The number of Topliss-reactive ketones (excluding diaryl/α,β-unsaturated/α-hetero) is 1. The predicted octanol–water partition coefficient (Wildman–Crippen LogP) is 4.15. The number of hydrogen-bond donors (Lipinski definition) is 0. The maximum absolute atomic E-state index is 12.7. The first-order valence-electron chi connectivity index (χ1n) is 6.42. The predicted molar refractivity (Wildman–Crippen MR) is 81.9 cm³/mol. The molecule has 0 saturated heterocycles. The van der Waals surface area contributed by atoms with E-state index in [1.807, 2.05) is 0 Å². The number of nitrogens with zero attached hydrogens (tertiary/aromatic N) is 1. The summed E-state index contributed by atoms with van der Waals surface area (Å²) in [6.45, 7) is 1.77. The third kappa shape index (κ3) is 2.91. The van der Waals surface area contributed by atoms with Gasteiger partial charge in [-0.2, -0.15) is 5.26 Å². The van der Waals surface area contributed by atoms with Crippen molar-refractivity contribution < 1.29 is 9.53 Å². The van der Waals surface area contributed by atoms with E-state index in [1.54, 1.807) is 49.4 Å². The zero-order valence-electron chi connectivity index (χ0n) is 11.8. The second-order valence-electron chi connectivity index (χ2n) is 4.58. The first-order chi connectivity index (χ1) is 10.1. The summed E-state index contributed by atoms with van der Waals surface area (Å²) in [6.07, 6.45) is 0. The molecule has 0 amide bonds. The summed E-state index contributed by atoms with van der Waals surface area (Å²) in [4.78, 5) is 12.7. The van der Waals surface area contributed by atoms with E-state index in [-0.39, 0.29) is 5.78 Å². The van der Waals surface area contributed by atoms with Crippen molar-refractivity contribution in [2.45, 2.75) is 12.8 Å². The zero-order chi connectivity index (χ0) is 15.4. The van der Waals surface area contributed by atoms with E-state index in [2.05, 4.69) is 6.07 Å². The smallest absolute Gasteiger partial charge is 0.184 e. The Morgan fingerprint density at radius 1 is 1.24 bits per heavy atom. The van der Waals surface area contributed by atoms with Gasteiger partial charge in [-0.3, -0.25) is 4.79 Å². The molecular formula is C17H14ClNO2. The molecule has 0 spiro atoms. The molecule has 0 radical (unpaired) electrons. The van der Waals surface area contributed by atoms with Crippen LogP contribution in [0.4, 0.5) is 0 Å². The van der Waals surface area contributed by atoms with E-state index in [9.17, 15) is 10.1 Å². The minimum Gasteiger partial charge on any atom is -0.496 e. The standard InChI is InChI=1S/C17H14ClNO2/c1-11-12(7-5-8-15(11)18)17(20)14(10-19)13-6-3-4-9-16(13)21-2/h3-9,14H,1-2H3. The van der Waals surface area contributed by atoms with Gasteiger partial charge in [0.25, 0.3) is 0 Å². The molecular weight excluding hydrogens is 286 g/mol. The van der Waals surface area contributed by atoms with Crippen molar-refractivity contribution >= 4 is 17.4 Å².